The summed E-state index contributed by atoms with van der Waals surface area (Å²) in [6.45, 7) is 1.79. The molecule has 2 amide bonds. The maximum Gasteiger partial charge on any atom is 0.326 e. The lowest BCUT2D eigenvalue weighted by atomic mass is 10.1. The molecule has 1 heterocycles. The molecule has 0 saturated heterocycles. The van der Waals surface area contributed by atoms with Crippen LogP contribution >= 0.6 is 0 Å². The van der Waals surface area contributed by atoms with E-state index in [0.29, 0.717) is 5.69 Å². The second-order valence-electron chi connectivity index (χ2n) is 4.11. The summed E-state index contributed by atoms with van der Waals surface area (Å²) in [6, 6.07) is 1.32. The molecule has 8 nitrogen and oxygen atoms in total. The lowest BCUT2D eigenvalue weighted by Gasteiger charge is -2.14. The van der Waals surface area contributed by atoms with Gasteiger partial charge in [-0.15, -0.1) is 0 Å². The van der Waals surface area contributed by atoms with Gasteiger partial charge in [-0.2, -0.15) is 0 Å². The fourth-order valence-electron chi connectivity index (χ4n) is 1.39. The second kappa shape index (κ2) is 7.07. The highest BCUT2D eigenvalue weighted by Crippen LogP contribution is 2.05. The van der Waals surface area contributed by atoms with Crippen molar-refractivity contribution in [2.45, 2.75) is 25.8 Å². The first-order valence-electron chi connectivity index (χ1n) is 5.83. The SMILES string of the molecule is Cc1ccc(NC(=O)NC(CCC(=O)O)C(=O)O)cn1. The van der Waals surface area contributed by atoms with Gasteiger partial charge < -0.3 is 20.8 Å². The summed E-state index contributed by atoms with van der Waals surface area (Å²) >= 11 is 0. The first-order valence-corrected chi connectivity index (χ1v) is 5.83. The average molecular weight is 281 g/mol. The van der Waals surface area contributed by atoms with E-state index in [2.05, 4.69) is 15.6 Å². The molecule has 0 aromatic carbocycles. The summed E-state index contributed by atoms with van der Waals surface area (Å²) in [5.74, 6) is -2.41. The molecular weight excluding hydrogens is 266 g/mol. The number of aliphatic carboxylic acids is 2. The minimum absolute atomic E-state index is 0.190. The molecular formula is C12H15N3O5. The minimum atomic E-state index is -1.29. The summed E-state index contributed by atoms with van der Waals surface area (Å²) < 4.78 is 0. The van der Waals surface area contributed by atoms with E-state index >= 15 is 0 Å². The van der Waals surface area contributed by atoms with Gasteiger partial charge in [0.25, 0.3) is 0 Å². The minimum Gasteiger partial charge on any atom is -0.481 e. The predicted molar refractivity (Wildman–Crippen MR) is 69.4 cm³/mol. The van der Waals surface area contributed by atoms with Crippen LogP contribution in [0.5, 0.6) is 0 Å². The van der Waals surface area contributed by atoms with Gasteiger partial charge >= 0.3 is 18.0 Å². The zero-order valence-electron chi connectivity index (χ0n) is 10.8. The van der Waals surface area contributed by atoms with E-state index in [0.717, 1.165) is 5.69 Å². The highest BCUT2D eigenvalue weighted by Gasteiger charge is 2.20. The number of hydrogen-bond acceptors (Lipinski definition) is 4. The molecule has 1 aromatic heterocycles. The Morgan fingerprint density at radius 3 is 2.50 bits per heavy atom. The van der Waals surface area contributed by atoms with E-state index < -0.39 is 24.0 Å². The number of hydrogen-bond donors (Lipinski definition) is 4. The third-order valence-corrected chi connectivity index (χ3v) is 2.42. The number of urea groups is 1. The number of anilines is 1. The van der Waals surface area contributed by atoms with Crippen LogP contribution in [0.25, 0.3) is 0 Å². The molecule has 8 heteroatoms. The number of nitrogens with zero attached hydrogens (tertiary/aromatic N) is 1. The van der Waals surface area contributed by atoms with Crippen molar-refractivity contribution in [3.05, 3.63) is 24.0 Å². The molecule has 0 bridgehead atoms. The third-order valence-electron chi connectivity index (χ3n) is 2.42. The summed E-state index contributed by atoms with van der Waals surface area (Å²) in [7, 11) is 0. The lowest BCUT2D eigenvalue weighted by molar-refractivity contribution is -0.140. The molecule has 1 rings (SSSR count). The van der Waals surface area contributed by atoms with Crippen LogP contribution in [-0.2, 0) is 9.59 Å². The Balaban J connectivity index is 2.55. The van der Waals surface area contributed by atoms with Crippen molar-refractivity contribution in [3.8, 4) is 0 Å². The van der Waals surface area contributed by atoms with Crippen LogP contribution in [0.15, 0.2) is 18.3 Å². The maximum atomic E-state index is 11.6. The molecule has 0 fully saturated rings. The van der Waals surface area contributed by atoms with Crippen LogP contribution in [0.2, 0.25) is 0 Å². The highest BCUT2D eigenvalue weighted by atomic mass is 16.4. The Hall–Kier alpha value is -2.64. The van der Waals surface area contributed by atoms with Gasteiger partial charge in [0.1, 0.15) is 6.04 Å². The fourth-order valence-corrected chi connectivity index (χ4v) is 1.39. The molecule has 4 N–H and O–H groups in total. The molecule has 0 saturated carbocycles. The Morgan fingerprint density at radius 2 is 2.00 bits per heavy atom. The Labute approximate surface area is 114 Å². The number of nitrogens with one attached hydrogen (secondary N) is 2. The highest BCUT2D eigenvalue weighted by molar-refractivity contribution is 5.92. The van der Waals surface area contributed by atoms with Crippen molar-refractivity contribution in [3.63, 3.8) is 0 Å². The van der Waals surface area contributed by atoms with Crippen LogP contribution in [0.4, 0.5) is 10.5 Å². The Morgan fingerprint density at radius 1 is 1.30 bits per heavy atom. The van der Waals surface area contributed by atoms with Crippen LogP contribution in [0.1, 0.15) is 18.5 Å². The van der Waals surface area contributed by atoms with Gasteiger partial charge in [0.15, 0.2) is 0 Å². The smallest absolute Gasteiger partial charge is 0.326 e. The van der Waals surface area contributed by atoms with Crippen molar-refractivity contribution in [2.75, 3.05) is 5.32 Å². The zero-order chi connectivity index (χ0) is 15.1. The van der Waals surface area contributed by atoms with Crippen molar-refractivity contribution in [1.82, 2.24) is 10.3 Å². The Bertz CT molecular complexity index is 500. The topological polar surface area (TPSA) is 129 Å². The van der Waals surface area contributed by atoms with Gasteiger partial charge in [0.2, 0.25) is 0 Å². The van der Waals surface area contributed by atoms with Crippen molar-refractivity contribution < 1.29 is 24.6 Å². The first-order chi connectivity index (χ1) is 9.38. The van der Waals surface area contributed by atoms with E-state index in [1.54, 1.807) is 19.1 Å². The number of rotatable bonds is 6. The number of carboxylic acid groups (broad SMARTS) is 2. The number of carbonyl (C=O) groups is 3. The van der Waals surface area contributed by atoms with Crippen LogP contribution in [-0.4, -0.2) is 39.2 Å². The van der Waals surface area contributed by atoms with Gasteiger partial charge in [-0.25, -0.2) is 9.59 Å². The molecule has 0 aliphatic heterocycles. The first kappa shape index (κ1) is 15.4. The zero-order valence-corrected chi connectivity index (χ0v) is 10.8. The molecule has 0 spiro atoms. The largest absolute Gasteiger partial charge is 0.481 e. The summed E-state index contributed by atoms with van der Waals surface area (Å²) in [4.78, 5) is 36.9. The third kappa shape index (κ3) is 5.34. The van der Waals surface area contributed by atoms with Gasteiger partial charge in [-0.05, 0) is 25.5 Å². The standard InChI is InChI=1S/C12H15N3O5/c1-7-2-3-8(6-13-7)14-12(20)15-9(11(18)19)4-5-10(16)17/h2-3,6,9H,4-5H2,1H3,(H,16,17)(H,18,19)(H2,14,15,20). The number of carboxylic acids is 2. The van der Waals surface area contributed by atoms with Crippen molar-refractivity contribution in [1.29, 1.82) is 0 Å². The summed E-state index contributed by atoms with van der Waals surface area (Å²) in [5.41, 5.74) is 1.19. The maximum absolute atomic E-state index is 11.6. The number of aromatic nitrogens is 1. The predicted octanol–water partition coefficient (Wildman–Crippen LogP) is 0.830. The molecule has 1 aromatic rings. The molecule has 1 atom stereocenters. The molecule has 0 aliphatic rings. The summed E-state index contributed by atoms with van der Waals surface area (Å²) in [5, 5.41) is 22.0. The van der Waals surface area contributed by atoms with E-state index in [1.165, 1.54) is 6.20 Å². The molecule has 0 aliphatic carbocycles. The lowest BCUT2D eigenvalue weighted by Crippen LogP contribution is -2.43. The van der Waals surface area contributed by atoms with E-state index in [4.69, 9.17) is 10.2 Å². The van der Waals surface area contributed by atoms with Gasteiger partial charge in [0.05, 0.1) is 11.9 Å². The molecule has 20 heavy (non-hydrogen) atoms. The van der Waals surface area contributed by atoms with E-state index in [-0.39, 0.29) is 12.8 Å². The monoisotopic (exact) mass is 281 g/mol. The van der Waals surface area contributed by atoms with Crippen LogP contribution < -0.4 is 10.6 Å². The average Bonchev–Trinajstić information content (AvgIpc) is 2.36. The number of aryl methyl sites for hydroxylation is 1. The van der Waals surface area contributed by atoms with Gasteiger partial charge in [0, 0.05) is 12.1 Å². The molecule has 0 radical (unpaired) electrons. The molecule has 1 unspecified atom stereocenters. The Kier molecular flexibility index (Phi) is 5.45. The number of amides is 2. The van der Waals surface area contributed by atoms with Crippen LogP contribution in [0, 0.1) is 6.92 Å². The van der Waals surface area contributed by atoms with E-state index in [9.17, 15) is 14.4 Å². The molecule has 108 valence electrons. The van der Waals surface area contributed by atoms with Crippen molar-refractivity contribution >= 4 is 23.7 Å². The quantitative estimate of drug-likeness (QED) is 0.611. The number of pyridine rings is 1. The van der Waals surface area contributed by atoms with Gasteiger partial charge in [-0.1, -0.05) is 0 Å². The van der Waals surface area contributed by atoms with Crippen LogP contribution in [0.3, 0.4) is 0 Å². The van der Waals surface area contributed by atoms with Gasteiger partial charge in [-0.3, -0.25) is 9.78 Å². The summed E-state index contributed by atoms with van der Waals surface area (Å²) in [6.07, 6.45) is 0.898. The van der Waals surface area contributed by atoms with Crippen molar-refractivity contribution in [2.24, 2.45) is 0 Å². The fraction of sp³-hybridized carbons (Fsp3) is 0.333. The van der Waals surface area contributed by atoms with E-state index in [1.807, 2.05) is 0 Å². The second-order valence-corrected chi connectivity index (χ2v) is 4.11. The number of carbonyl (C=O) groups excluding carboxylic acids is 1. The normalized spacial score (nSPS) is 11.4.